The van der Waals surface area contributed by atoms with E-state index in [0.717, 1.165) is 4.68 Å². The van der Waals surface area contributed by atoms with Crippen LogP contribution in [0.2, 0.25) is 0 Å². The number of anilines is 1. The number of hydrogen-bond acceptors (Lipinski definition) is 4. The van der Waals surface area contributed by atoms with E-state index in [0.29, 0.717) is 22.0 Å². The van der Waals surface area contributed by atoms with Gasteiger partial charge in [-0.1, -0.05) is 30.3 Å². The summed E-state index contributed by atoms with van der Waals surface area (Å²) in [4.78, 5) is 24.6. The van der Waals surface area contributed by atoms with Crippen molar-refractivity contribution in [2.45, 2.75) is 6.61 Å². The summed E-state index contributed by atoms with van der Waals surface area (Å²) in [5.74, 6) is -0.410. The summed E-state index contributed by atoms with van der Waals surface area (Å²) in [5.41, 5.74) is 1.18. The number of hydrogen-bond donors (Lipinski definition) is 2. The molecular weight excluding hydrogens is 294 g/mol. The number of fused-ring (bicyclic) bond motifs is 1. The minimum absolute atomic E-state index is 0.106. The number of nitrogens with one attached hydrogen (secondary N) is 1. The van der Waals surface area contributed by atoms with Crippen LogP contribution in [0.5, 0.6) is 0 Å². The number of nitrogens with zero attached hydrogens (tertiary/aromatic N) is 2. The topological polar surface area (TPSA) is 84.2 Å². The average Bonchev–Trinajstić information content (AvgIpc) is 2.58. The first-order chi connectivity index (χ1) is 11.1. The van der Waals surface area contributed by atoms with Crippen molar-refractivity contribution in [1.29, 1.82) is 0 Å². The van der Waals surface area contributed by atoms with Crippen LogP contribution in [-0.4, -0.2) is 20.8 Å². The fraction of sp³-hybridized carbons (Fsp3) is 0.118. The molecule has 1 aromatic heterocycles. The highest BCUT2D eigenvalue weighted by Gasteiger charge is 2.15. The standard InChI is InChI=1S/C17H15N3O3/c1-20-17(23)14-8-3-2-7-13(14)15(19-20)16(22)18-12-6-4-5-11(9-12)10-21/h2-9,21H,10H2,1H3,(H,18,22). The summed E-state index contributed by atoms with van der Waals surface area (Å²) >= 11 is 0. The highest BCUT2D eigenvalue weighted by atomic mass is 16.3. The highest BCUT2D eigenvalue weighted by Crippen LogP contribution is 2.16. The highest BCUT2D eigenvalue weighted by molar-refractivity contribution is 6.11. The SMILES string of the molecule is Cn1nc(C(=O)Nc2cccc(CO)c2)c2ccccc2c1=O. The molecule has 0 aliphatic rings. The molecule has 0 unspecified atom stereocenters. The van der Waals surface area contributed by atoms with Gasteiger partial charge in [-0.3, -0.25) is 9.59 Å². The lowest BCUT2D eigenvalue weighted by atomic mass is 10.1. The van der Waals surface area contributed by atoms with Gasteiger partial charge in [0.25, 0.3) is 11.5 Å². The maximum atomic E-state index is 12.5. The molecule has 0 radical (unpaired) electrons. The third-order valence-corrected chi connectivity index (χ3v) is 3.54. The van der Waals surface area contributed by atoms with Crippen molar-refractivity contribution in [2.24, 2.45) is 7.05 Å². The van der Waals surface area contributed by atoms with Crippen molar-refractivity contribution in [1.82, 2.24) is 9.78 Å². The van der Waals surface area contributed by atoms with Crippen molar-refractivity contribution in [3.63, 3.8) is 0 Å². The molecule has 0 saturated heterocycles. The van der Waals surface area contributed by atoms with E-state index in [1.807, 2.05) is 0 Å². The Kier molecular flexibility index (Phi) is 3.91. The van der Waals surface area contributed by atoms with E-state index in [1.165, 1.54) is 7.05 Å². The van der Waals surface area contributed by atoms with Gasteiger partial charge in [-0.05, 0) is 23.8 Å². The van der Waals surface area contributed by atoms with Gasteiger partial charge in [-0.2, -0.15) is 5.10 Å². The van der Waals surface area contributed by atoms with Crippen molar-refractivity contribution < 1.29 is 9.90 Å². The van der Waals surface area contributed by atoms with E-state index in [-0.39, 0.29) is 17.9 Å². The molecule has 0 aliphatic heterocycles. The van der Waals surface area contributed by atoms with E-state index in [9.17, 15) is 9.59 Å². The molecule has 0 spiro atoms. The molecule has 0 fully saturated rings. The smallest absolute Gasteiger partial charge is 0.276 e. The molecule has 6 nitrogen and oxygen atoms in total. The monoisotopic (exact) mass is 309 g/mol. The van der Waals surface area contributed by atoms with Crippen LogP contribution in [0.3, 0.4) is 0 Å². The molecule has 6 heteroatoms. The van der Waals surface area contributed by atoms with Crippen LogP contribution in [0, 0.1) is 0 Å². The lowest BCUT2D eigenvalue weighted by Gasteiger charge is -2.09. The number of amides is 1. The Labute approximate surface area is 132 Å². The van der Waals surface area contributed by atoms with Crippen LogP contribution in [0.4, 0.5) is 5.69 Å². The van der Waals surface area contributed by atoms with Crippen molar-refractivity contribution >= 4 is 22.4 Å². The van der Waals surface area contributed by atoms with Crippen molar-refractivity contribution in [3.05, 3.63) is 70.1 Å². The molecule has 23 heavy (non-hydrogen) atoms. The molecule has 0 aliphatic carbocycles. The Morgan fingerprint density at radius 2 is 1.91 bits per heavy atom. The average molecular weight is 309 g/mol. The van der Waals surface area contributed by atoms with Gasteiger partial charge in [-0.15, -0.1) is 0 Å². The third kappa shape index (κ3) is 2.84. The molecule has 2 aromatic carbocycles. The van der Waals surface area contributed by atoms with Gasteiger partial charge in [-0.25, -0.2) is 4.68 Å². The molecule has 3 aromatic rings. The Morgan fingerprint density at radius 3 is 2.65 bits per heavy atom. The number of aromatic nitrogens is 2. The maximum absolute atomic E-state index is 12.5. The molecule has 0 bridgehead atoms. The zero-order valence-electron chi connectivity index (χ0n) is 12.5. The van der Waals surface area contributed by atoms with E-state index < -0.39 is 5.91 Å². The molecule has 3 rings (SSSR count). The summed E-state index contributed by atoms with van der Waals surface area (Å²) in [6.07, 6.45) is 0. The maximum Gasteiger partial charge on any atom is 0.276 e. The van der Waals surface area contributed by atoms with Gasteiger partial charge < -0.3 is 10.4 Å². The van der Waals surface area contributed by atoms with Crippen molar-refractivity contribution in [2.75, 3.05) is 5.32 Å². The molecule has 1 heterocycles. The first-order valence-corrected chi connectivity index (χ1v) is 7.07. The number of rotatable bonds is 3. The second-order valence-electron chi connectivity index (χ2n) is 5.14. The number of carbonyl (C=O) groups excluding carboxylic acids is 1. The van der Waals surface area contributed by atoms with Crippen LogP contribution in [0.1, 0.15) is 16.1 Å². The number of aliphatic hydroxyl groups is 1. The number of benzene rings is 2. The van der Waals surface area contributed by atoms with Gasteiger partial charge in [0.05, 0.1) is 12.0 Å². The van der Waals surface area contributed by atoms with Gasteiger partial charge in [0.15, 0.2) is 5.69 Å². The lowest BCUT2D eigenvalue weighted by molar-refractivity contribution is 0.102. The Balaban J connectivity index is 2.04. The Morgan fingerprint density at radius 1 is 1.17 bits per heavy atom. The quantitative estimate of drug-likeness (QED) is 0.771. The third-order valence-electron chi connectivity index (χ3n) is 3.54. The molecule has 0 saturated carbocycles. The Bertz CT molecular complexity index is 947. The predicted molar refractivity (Wildman–Crippen MR) is 87.3 cm³/mol. The van der Waals surface area contributed by atoms with Gasteiger partial charge >= 0.3 is 0 Å². The van der Waals surface area contributed by atoms with E-state index >= 15 is 0 Å². The summed E-state index contributed by atoms with van der Waals surface area (Å²) in [7, 11) is 1.51. The molecule has 116 valence electrons. The van der Waals surface area contributed by atoms with Crippen LogP contribution >= 0.6 is 0 Å². The van der Waals surface area contributed by atoms with Gasteiger partial charge in [0.1, 0.15) is 0 Å². The second kappa shape index (κ2) is 6.02. The minimum Gasteiger partial charge on any atom is -0.392 e. The fourth-order valence-corrected chi connectivity index (χ4v) is 2.41. The van der Waals surface area contributed by atoms with Crippen LogP contribution < -0.4 is 10.9 Å². The van der Waals surface area contributed by atoms with Crippen LogP contribution in [0.15, 0.2) is 53.3 Å². The summed E-state index contributed by atoms with van der Waals surface area (Å²) in [6.45, 7) is -0.106. The Hall–Kier alpha value is -2.99. The first-order valence-electron chi connectivity index (χ1n) is 7.07. The van der Waals surface area contributed by atoms with Crippen molar-refractivity contribution in [3.8, 4) is 0 Å². The fourth-order valence-electron chi connectivity index (χ4n) is 2.41. The number of carbonyl (C=O) groups is 1. The van der Waals surface area contributed by atoms with Gasteiger partial charge in [0, 0.05) is 18.1 Å². The summed E-state index contributed by atoms with van der Waals surface area (Å²) < 4.78 is 1.15. The number of aryl methyl sites for hydroxylation is 1. The van der Waals surface area contributed by atoms with Gasteiger partial charge in [0.2, 0.25) is 0 Å². The minimum atomic E-state index is -0.410. The van der Waals surface area contributed by atoms with Crippen LogP contribution in [0.25, 0.3) is 10.8 Å². The number of aliphatic hydroxyl groups excluding tert-OH is 1. The summed E-state index contributed by atoms with van der Waals surface area (Å²) in [6, 6.07) is 13.8. The molecule has 1 amide bonds. The predicted octanol–water partition coefficient (Wildman–Crippen LogP) is 1.68. The largest absolute Gasteiger partial charge is 0.392 e. The molecule has 2 N–H and O–H groups in total. The summed E-state index contributed by atoms with van der Waals surface area (Å²) in [5, 5.41) is 16.9. The van der Waals surface area contributed by atoms with E-state index in [4.69, 9.17) is 5.11 Å². The normalized spacial score (nSPS) is 10.7. The van der Waals surface area contributed by atoms with E-state index in [2.05, 4.69) is 10.4 Å². The molecule has 0 atom stereocenters. The zero-order chi connectivity index (χ0) is 16.4. The first kappa shape index (κ1) is 14.9. The lowest BCUT2D eigenvalue weighted by Crippen LogP contribution is -2.25. The van der Waals surface area contributed by atoms with E-state index in [1.54, 1.807) is 48.5 Å². The molecular formula is C17H15N3O3. The van der Waals surface area contributed by atoms with Crippen LogP contribution in [-0.2, 0) is 13.7 Å². The second-order valence-corrected chi connectivity index (χ2v) is 5.14. The zero-order valence-corrected chi connectivity index (χ0v) is 12.5.